The molecule has 200 valence electrons. The summed E-state index contributed by atoms with van der Waals surface area (Å²) in [5.41, 5.74) is 3.60. The van der Waals surface area contributed by atoms with Crippen LogP contribution < -0.4 is 9.47 Å². The highest BCUT2D eigenvalue weighted by Crippen LogP contribution is 2.53. The Labute approximate surface area is 222 Å². The summed E-state index contributed by atoms with van der Waals surface area (Å²) >= 11 is 0. The fourth-order valence-corrected chi connectivity index (χ4v) is 5.99. The smallest absolute Gasteiger partial charge is 0.308 e. The van der Waals surface area contributed by atoms with Crippen molar-refractivity contribution in [2.24, 2.45) is 17.8 Å². The Morgan fingerprint density at radius 1 is 1.03 bits per heavy atom. The molecule has 0 heterocycles. The largest absolute Gasteiger partial charge is 0.493 e. The van der Waals surface area contributed by atoms with Crippen molar-refractivity contribution in [3.8, 4) is 11.5 Å². The molecule has 0 aromatic heterocycles. The highest BCUT2D eigenvalue weighted by atomic mass is 16.6. The second-order valence-electron chi connectivity index (χ2n) is 11.1. The fourth-order valence-electron chi connectivity index (χ4n) is 5.99. The van der Waals surface area contributed by atoms with Crippen LogP contribution in [0, 0.1) is 17.8 Å². The maximum atomic E-state index is 12.8. The van der Waals surface area contributed by atoms with Crippen molar-refractivity contribution >= 4 is 11.5 Å². The summed E-state index contributed by atoms with van der Waals surface area (Å²) in [7, 11) is 5.51. The molecule has 1 fully saturated rings. The molecular weight excluding hydrogens is 462 g/mol. The molecule has 0 amide bonds. The zero-order valence-corrected chi connectivity index (χ0v) is 23.2. The normalized spacial score (nSPS) is 22.7. The summed E-state index contributed by atoms with van der Waals surface area (Å²) in [4.78, 5) is 15.2. The van der Waals surface area contributed by atoms with E-state index in [4.69, 9.17) is 14.2 Å². The van der Waals surface area contributed by atoms with Gasteiger partial charge in [0.2, 0.25) is 0 Å². The van der Waals surface area contributed by atoms with Crippen LogP contribution in [0.3, 0.4) is 0 Å². The zero-order valence-electron chi connectivity index (χ0n) is 23.2. The molecular formula is C32H43NO4. The molecule has 2 bridgehead atoms. The highest BCUT2D eigenvalue weighted by molar-refractivity contribution is 5.73. The van der Waals surface area contributed by atoms with Crippen LogP contribution >= 0.6 is 0 Å². The first kappa shape index (κ1) is 27.3. The topological polar surface area (TPSA) is 48.0 Å². The summed E-state index contributed by atoms with van der Waals surface area (Å²) < 4.78 is 17.2. The summed E-state index contributed by atoms with van der Waals surface area (Å²) in [6, 6.07) is 16.9. The minimum atomic E-state index is -0.403. The average Bonchev–Trinajstić information content (AvgIpc) is 2.92. The number of methoxy groups -OCH3 is 2. The van der Waals surface area contributed by atoms with E-state index in [9.17, 15) is 4.79 Å². The third kappa shape index (κ3) is 6.38. The first-order chi connectivity index (χ1) is 17.8. The highest BCUT2D eigenvalue weighted by Gasteiger charge is 2.50. The van der Waals surface area contributed by atoms with Crippen molar-refractivity contribution in [1.29, 1.82) is 0 Å². The van der Waals surface area contributed by atoms with E-state index in [1.54, 1.807) is 14.2 Å². The number of benzene rings is 2. The van der Waals surface area contributed by atoms with E-state index in [0.717, 1.165) is 56.7 Å². The van der Waals surface area contributed by atoms with Gasteiger partial charge in [-0.15, -0.1) is 0 Å². The molecule has 0 radical (unpaired) electrons. The van der Waals surface area contributed by atoms with Crippen LogP contribution in [0.15, 0.2) is 54.6 Å². The van der Waals surface area contributed by atoms with Crippen LogP contribution in [0.1, 0.15) is 57.1 Å². The van der Waals surface area contributed by atoms with Crippen molar-refractivity contribution in [2.75, 3.05) is 34.4 Å². The van der Waals surface area contributed by atoms with Gasteiger partial charge >= 0.3 is 5.97 Å². The Morgan fingerprint density at radius 2 is 1.78 bits per heavy atom. The molecule has 37 heavy (non-hydrogen) atoms. The van der Waals surface area contributed by atoms with E-state index in [1.807, 2.05) is 19.9 Å². The molecule has 0 aliphatic heterocycles. The lowest BCUT2D eigenvalue weighted by molar-refractivity contribution is -0.176. The van der Waals surface area contributed by atoms with Crippen molar-refractivity contribution in [2.45, 2.75) is 58.0 Å². The Morgan fingerprint density at radius 3 is 2.43 bits per heavy atom. The number of rotatable bonds is 12. The van der Waals surface area contributed by atoms with Gasteiger partial charge in [0.05, 0.1) is 20.1 Å². The molecule has 3 atom stereocenters. The molecule has 3 aliphatic rings. The second-order valence-corrected chi connectivity index (χ2v) is 11.1. The molecule has 3 aliphatic carbocycles. The number of nitrogens with zero attached hydrogens (tertiary/aromatic N) is 1. The predicted molar refractivity (Wildman–Crippen MR) is 149 cm³/mol. The van der Waals surface area contributed by atoms with Gasteiger partial charge in [0.25, 0.3) is 0 Å². The second kappa shape index (κ2) is 12.2. The molecule has 0 N–H and O–H groups in total. The van der Waals surface area contributed by atoms with Crippen molar-refractivity contribution in [3.05, 3.63) is 65.7 Å². The minimum Gasteiger partial charge on any atom is -0.493 e. The molecule has 5 nitrogen and oxygen atoms in total. The molecule has 3 unspecified atom stereocenters. The summed E-state index contributed by atoms with van der Waals surface area (Å²) in [6.07, 6.45) is 8.52. The SMILES string of the molecule is COc1ccc(CCCN(C)CCC2(OC(=O)C(C)C)CC3CCC2C=C3c2ccccc2)cc1OC. The van der Waals surface area contributed by atoms with Gasteiger partial charge in [0.1, 0.15) is 5.60 Å². The summed E-state index contributed by atoms with van der Waals surface area (Å²) in [5.74, 6) is 2.07. The number of hydrogen-bond acceptors (Lipinski definition) is 5. The summed E-state index contributed by atoms with van der Waals surface area (Å²) in [5, 5.41) is 0. The van der Waals surface area contributed by atoms with E-state index in [1.165, 1.54) is 23.1 Å². The van der Waals surface area contributed by atoms with Crippen LogP contribution in [0.4, 0.5) is 0 Å². The first-order valence-corrected chi connectivity index (χ1v) is 13.7. The Bertz CT molecular complexity index is 1080. The van der Waals surface area contributed by atoms with Crippen LogP contribution in [0.2, 0.25) is 0 Å². The Balaban J connectivity index is 1.40. The fraction of sp³-hybridized carbons (Fsp3) is 0.531. The van der Waals surface area contributed by atoms with Gasteiger partial charge in [-0.25, -0.2) is 0 Å². The Hall–Kier alpha value is -2.79. The average molecular weight is 506 g/mol. The number of hydrogen-bond donors (Lipinski definition) is 0. The van der Waals surface area contributed by atoms with Crippen molar-refractivity contribution in [1.82, 2.24) is 4.90 Å². The zero-order chi connectivity index (χ0) is 26.4. The standard InChI is InChI=1S/C32H43NO4/c1-23(2)31(34)37-32(22-26-14-15-27(32)21-28(26)25-11-7-6-8-12-25)17-19-33(3)18-9-10-24-13-16-29(35-4)30(20-24)36-5/h6-8,11-13,16,20-21,23,26-27H,9-10,14-15,17-19,22H2,1-5H3. The van der Waals surface area contributed by atoms with Gasteiger partial charge in [-0.05, 0) is 80.4 Å². The number of esters is 1. The lowest BCUT2D eigenvalue weighted by Crippen LogP contribution is -2.51. The lowest BCUT2D eigenvalue weighted by Gasteiger charge is -2.50. The number of carbonyl (C=O) groups is 1. The predicted octanol–water partition coefficient (Wildman–Crippen LogP) is 6.41. The maximum absolute atomic E-state index is 12.8. The van der Waals surface area contributed by atoms with Crippen molar-refractivity contribution in [3.63, 3.8) is 0 Å². The van der Waals surface area contributed by atoms with Crippen LogP contribution in [-0.4, -0.2) is 50.8 Å². The molecule has 0 spiro atoms. The molecule has 2 aromatic rings. The number of fused-ring (bicyclic) bond motifs is 2. The van der Waals surface area contributed by atoms with Gasteiger partial charge in [-0.1, -0.05) is 56.3 Å². The number of carbonyl (C=O) groups excluding carboxylic acids is 1. The van der Waals surface area contributed by atoms with Crippen LogP contribution in [-0.2, 0) is 16.0 Å². The molecule has 1 saturated carbocycles. The molecule has 0 saturated heterocycles. The van der Waals surface area contributed by atoms with Crippen LogP contribution in [0.5, 0.6) is 11.5 Å². The maximum Gasteiger partial charge on any atom is 0.308 e. The quantitative estimate of drug-likeness (QED) is 0.312. The third-order valence-corrected chi connectivity index (χ3v) is 8.17. The van der Waals surface area contributed by atoms with Gasteiger partial charge in [-0.2, -0.15) is 0 Å². The molecule has 5 rings (SSSR count). The monoisotopic (exact) mass is 505 g/mol. The van der Waals surface area contributed by atoms with E-state index in [-0.39, 0.29) is 17.8 Å². The van der Waals surface area contributed by atoms with E-state index >= 15 is 0 Å². The number of allylic oxidation sites excluding steroid dienone is 1. The molecule has 2 aromatic carbocycles. The van der Waals surface area contributed by atoms with Gasteiger partial charge in [-0.3, -0.25) is 4.79 Å². The van der Waals surface area contributed by atoms with E-state index in [0.29, 0.717) is 5.92 Å². The van der Waals surface area contributed by atoms with Gasteiger partial charge in [0, 0.05) is 18.9 Å². The lowest BCUT2D eigenvalue weighted by atomic mass is 9.60. The number of aryl methyl sites for hydroxylation is 1. The van der Waals surface area contributed by atoms with E-state index < -0.39 is 5.60 Å². The van der Waals surface area contributed by atoms with E-state index in [2.05, 4.69) is 60.5 Å². The minimum absolute atomic E-state index is 0.0710. The molecule has 5 heteroatoms. The van der Waals surface area contributed by atoms with Gasteiger partial charge < -0.3 is 19.1 Å². The first-order valence-electron chi connectivity index (χ1n) is 13.7. The summed E-state index contributed by atoms with van der Waals surface area (Å²) in [6.45, 7) is 5.77. The van der Waals surface area contributed by atoms with Gasteiger partial charge in [0.15, 0.2) is 11.5 Å². The Kier molecular flexibility index (Phi) is 8.96. The van der Waals surface area contributed by atoms with Crippen molar-refractivity contribution < 1.29 is 19.0 Å². The number of ether oxygens (including phenoxy) is 3. The van der Waals surface area contributed by atoms with Crippen LogP contribution in [0.25, 0.3) is 5.57 Å². The third-order valence-electron chi connectivity index (χ3n) is 8.17.